The van der Waals surface area contributed by atoms with Crippen LogP contribution in [0.15, 0.2) is 24.3 Å². The Kier molecular flexibility index (Phi) is 6.52. The van der Waals surface area contributed by atoms with Gasteiger partial charge in [-0.25, -0.2) is 4.79 Å². The molecule has 2 N–H and O–H groups in total. The summed E-state index contributed by atoms with van der Waals surface area (Å²) in [6, 6.07) is 6.62. The minimum atomic E-state index is -1.36. The second-order valence-corrected chi connectivity index (χ2v) is 4.12. The number of esters is 1. The molecule has 0 aromatic heterocycles. The van der Waals surface area contributed by atoms with Crippen LogP contribution in [0.4, 0.5) is 0 Å². The normalized spacial score (nSPS) is 11.6. The van der Waals surface area contributed by atoms with E-state index in [0.717, 1.165) is 6.42 Å². The van der Waals surface area contributed by atoms with Crippen molar-refractivity contribution in [1.82, 2.24) is 5.32 Å². The van der Waals surface area contributed by atoms with Gasteiger partial charge in [0.15, 0.2) is 6.10 Å². The molecule has 1 aromatic rings. The molecule has 0 saturated heterocycles. The second kappa shape index (κ2) is 8.16. The average molecular weight is 281 g/mol. The van der Waals surface area contributed by atoms with Gasteiger partial charge < -0.3 is 19.9 Å². The van der Waals surface area contributed by atoms with E-state index in [-0.39, 0.29) is 12.5 Å². The Morgan fingerprint density at radius 2 is 1.95 bits per heavy atom. The van der Waals surface area contributed by atoms with Crippen LogP contribution in [-0.2, 0) is 9.53 Å². The highest BCUT2D eigenvalue weighted by Gasteiger charge is 2.16. The zero-order valence-electron chi connectivity index (χ0n) is 11.6. The van der Waals surface area contributed by atoms with Gasteiger partial charge in [-0.05, 0) is 30.7 Å². The summed E-state index contributed by atoms with van der Waals surface area (Å²) in [5.74, 6) is -0.471. The molecule has 110 valence electrons. The van der Waals surface area contributed by atoms with Crippen LogP contribution >= 0.6 is 0 Å². The molecule has 0 aliphatic heterocycles. The van der Waals surface area contributed by atoms with Gasteiger partial charge in [0.1, 0.15) is 5.75 Å². The molecule has 0 aliphatic rings. The van der Waals surface area contributed by atoms with E-state index in [9.17, 15) is 14.7 Å². The van der Waals surface area contributed by atoms with Gasteiger partial charge in [-0.3, -0.25) is 4.79 Å². The maximum Gasteiger partial charge on any atom is 0.336 e. The van der Waals surface area contributed by atoms with Crippen LogP contribution in [0.3, 0.4) is 0 Å². The number of nitrogens with one attached hydrogen (secondary N) is 1. The summed E-state index contributed by atoms with van der Waals surface area (Å²) in [6.45, 7) is 2.44. The minimum Gasteiger partial charge on any atom is -0.494 e. The highest BCUT2D eigenvalue weighted by molar-refractivity contribution is 5.94. The van der Waals surface area contributed by atoms with E-state index in [4.69, 9.17) is 4.74 Å². The van der Waals surface area contributed by atoms with Crippen molar-refractivity contribution in [3.05, 3.63) is 29.8 Å². The summed E-state index contributed by atoms with van der Waals surface area (Å²) in [4.78, 5) is 22.7. The largest absolute Gasteiger partial charge is 0.494 e. The van der Waals surface area contributed by atoms with Gasteiger partial charge in [0.25, 0.3) is 5.91 Å². The predicted molar refractivity (Wildman–Crippen MR) is 72.6 cm³/mol. The summed E-state index contributed by atoms with van der Waals surface area (Å²) < 4.78 is 9.75. The number of rotatable bonds is 7. The van der Waals surface area contributed by atoms with Gasteiger partial charge in [-0.1, -0.05) is 6.92 Å². The number of carbonyl (C=O) groups is 2. The van der Waals surface area contributed by atoms with Crippen molar-refractivity contribution in [2.24, 2.45) is 0 Å². The molecule has 20 heavy (non-hydrogen) atoms. The Morgan fingerprint density at radius 3 is 2.50 bits per heavy atom. The van der Waals surface area contributed by atoms with Crippen LogP contribution in [0.5, 0.6) is 5.75 Å². The van der Waals surface area contributed by atoms with Gasteiger partial charge in [-0.15, -0.1) is 0 Å². The van der Waals surface area contributed by atoms with E-state index in [0.29, 0.717) is 17.9 Å². The van der Waals surface area contributed by atoms with E-state index >= 15 is 0 Å². The Morgan fingerprint density at radius 1 is 1.30 bits per heavy atom. The van der Waals surface area contributed by atoms with Crippen molar-refractivity contribution in [3.8, 4) is 5.75 Å². The van der Waals surface area contributed by atoms with Gasteiger partial charge >= 0.3 is 5.97 Å². The molecule has 0 heterocycles. The third-order valence-electron chi connectivity index (χ3n) is 2.52. The smallest absolute Gasteiger partial charge is 0.336 e. The summed E-state index contributed by atoms with van der Waals surface area (Å²) in [7, 11) is 1.17. The highest BCUT2D eigenvalue weighted by atomic mass is 16.5. The Labute approximate surface area is 117 Å². The number of benzene rings is 1. The second-order valence-electron chi connectivity index (χ2n) is 4.12. The minimum absolute atomic E-state index is 0.195. The zero-order chi connectivity index (χ0) is 15.0. The number of amides is 1. The fourth-order valence-corrected chi connectivity index (χ4v) is 1.43. The Hall–Kier alpha value is -2.08. The quantitative estimate of drug-likeness (QED) is 0.720. The Bertz CT molecular complexity index is 443. The van der Waals surface area contributed by atoms with Gasteiger partial charge in [-0.2, -0.15) is 0 Å². The number of methoxy groups -OCH3 is 1. The van der Waals surface area contributed by atoms with Gasteiger partial charge in [0, 0.05) is 5.56 Å². The first kappa shape index (κ1) is 16.0. The van der Waals surface area contributed by atoms with Crippen LogP contribution in [0.25, 0.3) is 0 Å². The molecule has 1 rings (SSSR count). The van der Waals surface area contributed by atoms with E-state index in [1.165, 1.54) is 7.11 Å². The molecule has 0 radical (unpaired) electrons. The SMILES string of the molecule is CCCOc1ccc(C(=O)NCC(O)C(=O)OC)cc1. The number of aliphatic hydroxyl groups is 1. The van der Waals surface area contributed by atoms with Crippen LogP contribution in [0.2, 0.25) is 0 Å². The van der Waals surface area contributed by atoms with Crippen LogP contribution < -0.4 is 10.1 Å². The number of hydrogen-bond donors (Lipinski definition) is 2. The highest BCUT2D eigenvalue weighted by Crippen LogP contribution is 2.12. The van der Waals surface area contributed by atoms with Crippen molar-refractivity contribution >= 4 is 11.9 Å². The molecular weight excluding hydrogens is 262 g/mol. The fraction of sp³-hybridized carbons (Fsp3) is 0.429. The lowest BCUT2D eigenvalue weighted by Gasteiger charge is -2.10. The molecule has 0 saturated carbocycles. The number of ether oxygens (including phenoxy) is 2. The Balaban J connectivity index is 2.49. The standard InChI is InChI=1S/C14H19NO5/c1-3-8-20-11-6-4-10(5-7-11)13(17)15-9-12(16)14(18)19-2/h4-7,12,16H,3,8-9H2,1-2H3,(H,15,17). The lowest BCUT2D eigenvalue weighted by Crippen LogP contribution is -2.37. The lowest BCUT2D eigenvalue weighted by molar-refractivity contribution is -0.149. The topological polar surface area (TPSA) is 84.9 Å². The maximum absolute atomic E-state index is 11.8. The first-order valence-electron chi connectivity index (χ1n) is 6.35. The maximum atomic E-state index is 11.8. The predicted octanol–water partition coefficient (Wildman–Crippen LogP) is 0.739. The van der Waals surface area contributed by atoms with Crippen molar-refractivity contribution in [1.29, 1.82) is 0 Å². The van der Waals surface area contributed by atoms with Crippen molar-refractivity contribution < 1.29 is 24.2 Å². The number of hydrogen-bond acceptors (Lipinski definition) is 5. The number of aliphatic hydroxyl groups excluding tert-OH is 1. The molecule has 6 heteroatoms. The van der Waals surface area contributed by atoms with Crippen LogP contribution in [0, 0.1) is 0 Å². The molecule has 0 fully saturated rings. The third-order valence-corrected chi connectivity index (χ3v) is 2.52. The fourth-order valence-electron chi connectivity index (χ4n) is 1.43. The summed E-state index contributed by atoms with van der Waals surface area (Å²) in [5.41, 5.74) is 0.422. The number of carbonyl (C=O) groups excluding carboxylic acids is 2. The third kappa shape index (κ3) is 4.89. The van der Waals surface area contributed by atoms with E-state index in [1.807, 2.05) is 6.92 Å². The molecule has 0 spiro atoms. The summed E-state index contributed by atoms with van der Waals surface area (Å²) in [6.07, 6.45) is -0.454. The molecule has 1 atom stereocenters. The monoisotopic (exact) mass is 281 g/mol. The molecular formula is C14H19NO5. The van der Waals surface area contributed by atoms with Crippen LogP contribution in [0.1, 0.15) is 23.7 Å². The van der Waals surface area contributed by atoms with E-state index in [1.54, 1.807) is 24.3 Å². The van der Waals surface area contributed by atoms with Crippen molar-refractivity contribution in [2.45, 2.75) is 19.4 Å². The van der Waals surface area contributed by atoms with Gasteiger partial charge in [0.2, 0.25) is 0 Å². The van der Waals surface area contributed by atoms with Crippen molar-refractivity contribution in [3.63, 3.8) is 0 Å². The molecule has 6 nitrogen and oxygen atoms in total. The average Bonchev–Trinajstić information content (AvgIpc) is 2.49. The molecule has 1 amide bonds. The molecule has 1 aromatic carbocycles. The van der Waals surface area contributed by atoms with Crippen molar-refractivity contribution in [2.75, 3.05) is 20.3 Å². The summed E-state index contributed by atoms with van der Waals surface area (Å²) in [5, 5.41) is 11.8. The van der Waals surface area contributed by atoms with E-state index < -0.39 is 12.1 Å². The lowest BCUT2D eigenvalue weighted by atomic mass is 10.2. The molecule has 0 bridgehead atoms. The zero-order valence-corrected chi connectivity index (χ0v) is 11.6. The van der Waals surface area contributed by atoms with Crippen LogP contribution in [-0.4, -0.2) is 43.3 Å². The van der Waals surface area contributed by atoms with E-state index in [2.05, 4.69) is 10.1 Å². The first-order valence-corrected chi connectivity index (χ1v) is 6.35. The molecule has 1 unspecified atom stereocenters. The molecule has 0 aliphatic carbocycles. The summed E-state index contributed by atoms with van der Waals surface area (Å²) >= 11 is 0. The first-order chi connectivity index (χ1) is 9.58. The van der Waals surface area contributed by atoms with Gasteiger partial charge in [0.05, 0.1) is 20.3 Å².